The molecular weight excluding hydrogens is 360 g/mol. The van der Waals surface area contributed by atoms with Crippen LogP contribution in [0.15, 0.2) is 72.0 Å². The Morgan fingerprint density at radius 3 is 2.45 bits per heavy atom. The monoisotopic (exact) mass is 374 g/mol. The van der Waals surface area contributed by atoms with E-state index in [1.165, 1.54) is 0 Å². The van der Waals surface area contributed by atoms with Crippen molar-refractivity contribution >= 4 is 44.6 Å². The number of nitrogens with one attached hydrogen (secondary N) is 1. The Morgan fingerprint density at radius 1 is 1.23 bits per heavy atom. The fraction of sp³-hybridized carbons (Fsp3) is 0.0588. The first kappa shape index (κ1) is 16.4. The smallest absolute Gasteiger partial charge is 0.237 e. The van der Waals surface area contributed by atoms with Crippen molar-refractivity contribution in [1.82, 2.24) is 5.32 Å². The van der Waals surface area contributed by atoms with Crippen molar-refractivity contribution in [3.05, 3.63) is 77.5 Å². The summed E-state index contributed by atoms with van der Waals surface area (Å²) in [5, 5.41) is 15.9. The van der Waals surface area contributed by atoms with Crippen LogP contribution in [-0.4, -0.2) is 11.5 Å². The standard InChI is InChI=1S/C17H15BrN2OS/c1-2-10-19-17(22)15(20-11-4-3-5-12-20)16(21)13-6-8-14(18)9-7-13/h2-9,11-12H,1,10H2,(H-,19,21,22). The largest absolute Gasteiger partial charge is 0.867 e. The van der Waals surface area contributed by atoms with E-state index in [1.54, 1.807) is 35.2 Å². The Balaban J connectivity index is 2.51. The van der Waals surface area contributed by atoms with Gasteiger partial charge in [0.1, 0.15) is 0 Å². The van der Waals surface area contributed by atoms with Gasteiger partial charge < -0.3 is 10.4 Å². The maximum atomic E-state index is 12.8. The quantitative estimate of drug-likeness (QED) is 0.287. The van der Waals surface area contributed by atoms with Crippen molar-refractivity contribution in [2.45, 2.75) is 0 Å². The average Bonchev–Trinajstić information content (AvgIpc) is 2.54. The number of aromatic nitrogens is 1. The summed E-state index contributed by atoms with van der Waals surface area (Å²) in [5.41, 5.74) is 0.997. The first-order chi connectivity index (χ1) is 10.6. The van der Waals surface area contributed by atoms with E-state index in [0.29, 0.717) is 22.8 Å². The zero-order chi connectivity index (χ0) is 15.9. The highest BCUT2D eigenvalue weighted by Crippen LogP contribution is 2.17. The SMILES string of the molecule is C=CCNC(=S)/C(=C(/[O-])c1ccc(Br)cc1)[n+]1ccccc1. The zero-order valence-electron chi connectivity index (χ0n) is 11.8. The summed E-state index contributed by atoms with van der Waals surface area (Å²) in [6.45, 7) is 4.15. The molecule has 0 spiro atoms. The third-order valence-corrected chi connectivity index (χ3v) is 3.78. The van der Waals surface area contributed by atoms with Crippen LogP contribution in [0.3, 0.4) is 0 Å². The van der Waals surface area contributed by atoms with E-state index in [2.05, 4.69) is 27.8 Å². The van der Waals surface area contributed by atoms with Gasteiger partial charge in [0.2, 0.25) is 5.70 Å². The molecule has 22 heavy (non-hydrogen) atoms. The van der Waals surface area contributed by atoms with Crippen molar-refractivity contribution in [1.29, 1.82) is 0 Å². The highest BCUT2D eigenvalue weighted by atomic mass is 79.9. The molecule has 5 heteroatoms. The van der Waals surface area contributed by atoms with Crippen molar-refractivity contribution in [2.24, 2.45) is 0 Å². The lowest BCUT2D eigenvalue weighted by atomic mass is 10.1. The number of halogens is 1. The van der Waals surface area contributed by atoms with Crippen LogP contribution in [0.4, 0.5) is 0 Å². The van der Waals surface area contributed by atoms with Crippen LogP contribution in [-0.2, 0) is 0 Å². The summed E-state index contributed by atoms with van der Waals surface area (Å²) < 4.78 is 2.65. The molecule has 0 aliphatic rings. The topological polar surface area (TPSA) is 39.0 Å². The average molecular weight is 375 g/mol. The third-order valence-electron chi connectivity index (χ3n) is 2.92. The maximum absolute atomic E-state index is 12.8. The fourth-order valence-corrected chi connectivity index (χ4v) is 2.42. The second-order valence-electron chi connectivity index (χ2n) is 4.47. The molecule has 0 fully saturated rings. The Kier molecular flexibility index (Phi) is 5.86. The van der Waals surface area contributed by atoms with Crippen LogP contribution in [0.1, 0.15) is 5.56 Å². The van der Waals surface area contributed by atoms with Gasteiger partial charge in [-0.1, -0.05) is 52.4 Å². The zero-order valence-corrected chi connectivity index (χ0v) is 14.2. The molecule has 0 saturated heterocycles. The fourth-order valence-electron chi connectivity index (χ4n) is 1.87. The molecule has 0 aliphatic heterocycles. The minimum atomic E-state index is -0.134. The van der Waals surface area contributed by atoms with Crippen molar-refractivity contribution < 1.29 is 9.67 Å². The van der Waals surface area contributed by atoms with Gasteiger partial charge in [0.25, 0.3) is 0 Å². The first-order valence-electron chi connectivity index (χ1n) is 6.66. The Hall–Kier alpha value is -1.98. The summed E-state index contributed by atoms with van der Waals surface area (Å²) >= 11 is 8.75. The number of thiocarbonyl (C=S) groups is 1. The molecule has 0 bridgehead atoms. The molecule has 0 saturated carbocycles. The van der Waals surface area contributed by atoms with Crippen LogP contribution in [0.25, 0.3) is 11.5 Å². The Bertz CT molecular complexity index is 696. The number of nitrogens with zero attached hydrogens (tertiary/aromatic N) is 1. The van der Waals surface area contributed by atoms with Crippen molar-refractivity contribution in [3.8, 4) is 0 Å². The van der Waals surface area contributed by atoms with E-state index >= 15 is 0 Å². The summed E-state index contributed by atoms with van der Waals surface area (Å²) in [6.07, 6.45) is 5.30. The molecule has 0 aliphatic carbocycles. The van der Waals surface area contributed by atoms with E-state index in [1.807, 2.05) is 30.3 Å². The second kappa shape index (κ2) is 7.87. The Labute approximate surface area is 143 Å². The predicted molar refractivity (Wildman–Crippen MR) is 94.7 cm³/mol. The van der Waals surface area contributed by atoms with E-state index < -0.39 is 0 Å². The molecule has 3 nitrogen and oxygen atoms in total. The molecule has 1 aromatic heterocycles. The van der Waals surface area contributed by atoms with Gasteiger partial charge in [-0.15, -0.1) is 6.58 Å². The minimum Gasteiger partial charge on any atom is -0.867 e. The molecule has 0 atom stereocenters. The molecular formula is C17H15BrN2OS. The molecule has 1 N–H and O–H groups in total. The number of pyridine rings is 1. The first-order valence-corrected chi connectivity index (χ1v) is 7.86. The molecule has 0 unspecified atom stereocenters. The highest BCUT2D eigenvalue weighted by Gasteiger charge is 2.17. The molecule has 1 aromatic carbocycles. The van der Waals surface area contributed by atoms with Crippen LogP contribution in [0.2, 0.25) is 0 Å². The lowest BCUT2D eigenvalue weighted by molar-refractivity contribution is -0.577. The Morgan fingerprint density at radius 2 is 1.86 bits per heavy atom. The maximum Gasteiger partial charge on any atom is 0.237 e. The van der Waals surface area contributed by atoms with Gasteiger partial charge in [0, 0.05) is 23.2 Å². The molecule has 2 rings (SSSR count). The molecule has 0 radical (unpaired) electrons. The predicted octanol–water partition coefficient (Wildman–Crippen LogP) is 2.53. The molecule has 112 valence electrons. The van der Waals surface area contributed by atoms with Gasteiger partial charge in [-0.25, -0.2) is 0 Å². The minimum absolute atomic E-state index is 0.134. The number of hydrogen-bond donors (Lipinski definition) is 1. The highest BCUT2D eigenvalue weighted by molar-refractivity contribution is 9.10. The summed E-state index contributed by atoms with van der Waals surface area (Å²) in [4.78, 5) is 0.393. The molecule has 2 aromatic rings. The number of hydrogen-bond acceptors (Lipinski definition) is 2. The summed E-state index contributed by atoms with van der Waals surface area (Å²) in [5.74, 6) is -0.134. The van der Waals surface area contributed by atoms with Gasteiger partial charge in [-0.3, -0.25) is 0 Å². The third kappa shape index (κ3) is 4.02. The lowest BCUT2D eigenvalue weighted by Crippen LogP contribution is -2.42. The van der Waals surface area contributed by atoms with E-state index in [-0.39, 0.29) is 5.76 Å². The van der Waals surface area contributed by atoms with Gasteiger partial charge in [-0.05, 0) is 23.5 Å². The normalized spacial score (nSPS) is 11.5. The number of rotatable bonds is 5. The van der Waals surface area contributed by atoms with Crippen LogP contribution >= 0.6 is 28.1 Å². The van der Waals surface area contributed by atoms with Gasteiger partial charge in [0.15, 0.2) is 17.4 Å². The molecule has 1 heterocycles. The van der Waals surface area contributed by atoms with E-state index in [0.717, 1.165) is 4.47 Å². The van der Waals surface area contributed by atoms with E-state index in [9.17, 15) is 5.11 Å². The van der Waals surface area contributed by atoms with Crippen LogP contribution in [0.5, 0.6) is 0 Å². The van der Waals surface area contributed by atoms with Crippen LogP contribution < -0.4 is 15.0 Å². The summed E-state index contributed by atoms with van der Waals surface area (Å²) in [6, 6.07) is 12.8. The van der Waals surface area contributed by atoms with Crippen LogP contribution in [0, 0.1) is 0 Å². The van der Waals surface area contributed by atoms with Gasteiger partial charge in [-0.2, -0.15) is 4.57 Å². The molecule has 0 amide bonds. The van der Waals surface area contributed by atoms with Crippen molar-refractivity contribution in [2.75, 3.05) is 6.54 Å². The van der Waals surface area contributed by atoms with Gasteiger partial charge in [0.05, 0.1) is 0 Å². The van der Waals surface area contributed by atoms with Crippen molar-refractivity contribution in [3.63, 3.8) is 0 Å². The second-order valence-corrected chi connectivity index (χ2v) is 5.79. The number of benzene rings is 1. The summed E-state index contributed by atoms with van der Waals surface area (Å²) in [7, 11) is 0. The van der Waals surface area contributed by atoms with Gasteiger partial charge >= 0.3 is 0 Å². The van der Waals surface area contributed by atoms with E-state index in [4.69, 9.17) is 12.2 Å². The lowest BCUT2D eigenvalue weighted by Gasteiger charge is -2.16.